The molecule has 1 aliphatic carbocycles. The topological polar surface area (TPSA) is 117 Å². The number of hydrogen-bond acceptors (Lipinski definition) is 5. The van der Waals surface area contributed by atoms with Crippen LogP contribution in [0.25, 0.3) is 10.9 Å². The maximum Gasteiger partial charge on any atom is 0.246 e. The fourth-order valence-corrected chi connectivity index (χ4v) is 5.53. The molecule has 0 aliphatic heterocycles. The van der Waals surface area contributed by atoms with Crippen LogP contribution in [0.1, 0.15) is 32.6 Å². The van der Waals surface area contributed by atoms with Gasteiger partial charge in [0.25, 0.3) is 0 Å². The van der Waals surface area contributed by atoms with E-state index >= 15 is 0 Å². The predicted octanol–water partition coefficient (Wildman–Crippen LogP) is 3.46. The number of carbonyl (C=O) groups excluding carboxylic acids is 2. The molecule has 2 aromatic carbocycles. The SMILES string of the molecule is CC(NC(=O)C1CCC(CNS(=O)(=O)c2ccccc2)CC1)C(=O)Nc1cccc2ncccc12. The molecule has 1 unspecified atom stereocenters. The number of rotatable bonds is 8. The minimum absolute atomic E-state index is 0.143. The molecule has 1 heterocycles. The van der Waals surface area contributed by atoms with Crippen LogP contribution in [0, 0.1) is 11.8 Å². The van der Waals surface area contributed by atoms with Crippen molar-refractivity contribution in [2.75, 3.05) is 11.9 Å². The van der Waals surface area contributed by atoms with Gasteiger partial charge in [0.05, 0.1) is 16.1 Å². The van der Waals surface area contributed by atoms with Crippen molar-refractivity contribution in [3.05, 3.63) is 66.9 Å². The van der Waals surface area contributed by atoms with Crippen LogP contribution in [0.3, 0.4) is 0 Å². The van der Waals surface area contributed by atoms with E-state index in [1.54, 1.807) is 43.5 Å². The molecule has 184 valence electrons. The Morgan fingerprint density at radius 3 is 2.46 bits per heavy atom. The number of hydrogen-bond donors (Lipinski definition) is 3. The highest BCUT2D eigenvalue weighted by atomic mass is 32.2. The van der Waals surface area contributed by atoms with E-state index in [2.05, 4.69) is 20.3 Å². The Labute approximate surface area is 205 Å². The molecular formula is C26H30N4O4S. The zero-order valence-corrected chi connectivity index (χ0v) is 20.4. The van der Waals surface area contributed by atoms with Gasteiger partial charge < -0.3 is 10.6 Å². The van der Waals surface area contributed by atoms with E-state index in [9.17, 15) is 18.0 Å². The van der Waals surface area contributed by atoms with E-state index in [-0.39, 0.29) is 28.5 Å². The molecule has 1 fully saturated rings. The number of nitrogens with one attached hydrogen (secondary N) is 3. The summed E-state index contributed by atoms with van der Waals surface area (Å²) in [7, 11) is -3.53. The van der Waals surface area contributed by atoms with E-state index in [1.165, 1.54) is 0 Å². The van der Waals surface area contributed by atoms with Crippen LogP contribution in [0.2, 0.25) is 0 Å². The Kier molecular flexibility index (Phi) is 7.77. The average molecular weight is 495 g/mol. The fourth-order valence-electron chi connectivity index (χ4n) is 4.39. The lowest BCUT2D eigenvalue weighted by Crippen LogP contribution is -2.45. The van der Waals surface area contributed by atoms with Crippen LogP contribution in [0.15, 0.2) is 71.8 Å². The molecule has 9 heteroatoms. The summed E-state index contributed by atoms with van der Waals surface area (Å²) in [6.07, 6.45) is 4.52. The van der Waals surface area contributed by atoms with Crippen LogP contribution in [-0.4, -0.2) is 37.8 Å². The molecular weight excluding hydrogens is 464 g/mol. The van der Waals surface area contributed by atoms with Gasteiger partial charge in [0, 0.05) is 24.0 Å². The second-order valence-electron chi connectivity index (χ2n) is 8.98. The third kappa shape index (κ3) is 6.23. The van der Waals surface area contributed by atoms with E-state index in [0.717, 1.165) is 23.7 Å². The summed E-state index contributed by atoms with van der Waals surface area (Å²) in [5.74, 6) is -0.443. The van der Waals surface area contributed by atoms with E-state index in [1.807, 2.05) is 30.3 Å². The predicted molar refractivity (Wildman–Crippen MR) is 135 cm³/mol. The Bertz CT molecular complexity index is 1280. The highest BCUT2D eigenvalue weighted by molar-refractivity contribution is 7.89. The minimum atomic E-state index is -3.53. The Hall–Kier alpha value is -3.30. The summed E-state index contributed by atoms with van der Waals surface area (Å²) >= 11 is 0. The van der Waals surface area contributed by atoms with Crippen LogP contribution in [-0.2, 0) is 19.6 Å². The molecule has 0 radical (unpaired) electrons. The van der Waals surface area contributed by atoms with Gasteiger partial charge in [0.1, 0.15) is 6.04 Å². The average Bonchev–Trinajstić information content (AvgIpc) is 2.88. The van der Waals surface area contributed by atoms with E-state index in [0.29, 0.717) is 25.1 Å². The molecule has 1 aromatic heterocycles. The lowest BCUT2D eigenvalue weighted by atomic mass is 9.81. The molecule has 0 bridgehead atoms. The Morgan fingerprint density at radius 2 is 1.71 bits per heavy atom. The lowest BCUT2D eigenvalue weighted by Gasteiger charge is -2.28. The van der Waals surface area contributed by atoms with Gasteiger partial charge in [0.2, 0.25) is 21.8 Å². The van der Waals surface area contributed by atoms with Crippen molar-refractivity contribution in [3.63, 3.8) is 0 Å². The first-order chi connectivity index (χ1) is 16.8. The van der Waals surface area contributed by atoms with E-state index < -0.39 is 16.1 Å². The third-order valence-electron chi connectivity index (χ3n) is 6.49. The summed E-state index contributed by atoms with van der Waals surface area (Å²) in [6.45, 7) is 2.02. The quantitative estimate of drug-likeness (QED) is 0.443. The minimum Gasteiger partial charge on any atom is -0.344 e. The number of anilines is 1. The number of aromatic nitrogens is 1. The summed E-state index contributed by atoms with van der Waals surface area (Å²) < 4.78 is 27.5. The van der Waals surface area contributed by atoms with Crippen molar-refractivity contribution >= 4 is 38.4 Å². The number of benzene rings is 2. The highest BCUT2D eigenvalue weighted by Crippen LogP contribution is 2.29. The zero-order valence-electron chi connectivity index (χ0n) is 19.6. The molecule has 1 atom stereocenters. The second-order valence-corrected chi connectivity index (χ2v) is 10.7. The molecule has 8 nitrogen and oxygen atoms in total. The van der Waals surface area contributed by atoms with Crippen molar-refractivity contribution in [1.82, 2.24) is 15.0 Å². The number of carbonyl (C=O) groups is 2. The van der Waals surface area contributed by atoms with Crippen LogP contribution < -0.4 is 15.4 Å². The molecule has 0 spiro atoms. The second kappa shape index (κ2) is 11.0. The van der Waals surface area contributed by atoms with Gasteiger partial charge in [-0.2, -0.15) is 0 Å². The monoisotopic (exact) mass is 494 g/mol. The normalized spacial score (nSPS) is 19.1. The number of nitrogens with zero attached hydrogens (tertiary/aromatic N) is 1. The molecule has 0 saturated heterocycles. The number of amides is 2. The summed E-state index contributed by atoms with van der Waals surface area (Å²) in [6, 6.07) is 16.8. The maximum atomic E-state index is 12.8. The highest BCUT2D eigenvalue weighted by Gasteiger charge is 2.29. The van der Waals surface area contributed by atoms with Crippen LogP contribution >= 0.6 is 0 Å². The molecule has 3 N–H and O–H groups in total. The molecule has 2 amide bonds. The Balaban J connectivity index is 1.24. The van der Waals surface area contributed by atoms with Crippen molar-refractivity contribution in [3.8, 4) is 0 Å². The van der Waals surface area contributed by atoms with Crippen molar-refractivity contribution < 1.29 is 18.0 Å². The smallest absolute Gasteiger partial charge is 0.246 e. The fraction of sp³-hybridized carbons (Fsp3) is 0.346. The number of pyridine rings is 1. The molecule has 4 rings (SSSR count). The maximum absolute atomic E-state index is 12.8. The van der Waals surface area contributed by atoms with Gasteiger partial charge in [-0.3, -0.25) is 14.6 Å². The first-order valence-corrected chi connectivity index (χ1v) is 13.3. The first-order valence-electron chi connectivity index (χ1n) is 11.8. The Morgan fingerprint density at radius 1 is 0.971 bits per heavy atom. The number of sulfonamides is 1. The standard InChI is InChI=1S/C26H30N4O4S/c1-18(25(31)30-24-11-5-10-23-22(24)9-6-16-27-23)29-26(32)20-14-12-19(13-15-20)17-28-35(33,34)21-7-3-2-4-8-21/h2-11,16,18-20,28H,12-15,17H2,1H3,(H,29,32)(H,30,31). The zero-order chi connectivity index (χ0) is 24.8. The molecule has 1 saturated carbocycles. The van der Waals surface area contributed by atoms with Gasteiger partial charge in [-0.15, -0.1) is 0 Å². The summed E-state index contributed by atoms with van der Waals surface area (Å²) in [5, 5.41) is 6.55. The van der Waals surface area contributed by atoms with Gasteiger partial charge in [0.15, 0.2) is 0 Å². The summed E-state index contributed by atoms with van der Waals surface area (Å²) in [5.41, 5.74) is 1.44. The lowest BCUT2D eigenvalue weighted by molar-refractivity contribution is -0.129. The molecule has 3 aromatic rings. The van der Waals surface area contributed by atoms with Gasteiger partial charge in [-0.1, -0.05) is 24.3 Å². The molecule has 35 heavy (non-hydrogen) atoms. The van der Waals surface area contributed by atoms with Crippen molar-refractivity contribution in [2.45, 2.75) is 43.5 Å². The van der Waals surface area contributed by atoms with Gasteiger partial charge >= 0.3 is 0 Å². The largest absolute Gasteiger partial charge is 0.344 e. The third-order valence-corrected chi connectivity index (χ3v) is 7.93. The van der Waals surface area contributed by atoms with Gasteiger partial charge in [-0.05, 0) is 74.9 Å². The van der Waals surface area contributed by atoms with Crippen LogP contribution in [0.4, 0.5) is 5.69 Å². The number of fused-ring (bicyclic) bond motifs is 1. The summed E-state index contributed by atoms with van der Waals surface area (Å²) in [4.78, 5) is 30.0. The van der Waals surface area contributed by atoms with E-state index in [4.69, 9.17) is 0 Å². The van der Waals surface area contributed by atoms with Crippen molar-refractivity contribution in [1.29, 1.82) is 0 Å². The first kappa shape index (κ1) is 24.8. The van der Waals surface area contributed by atoms with Crippen LogP contribution in [0.5, 0.6) is 0 Å². The molecule has 1 aliphatic rings. The van der Waals surface area contributed by atoms with Gasteiger partial charge in [-0.25, -0.2) is 13.1 Å². The van der Waals surface area contributed by atoms with Crippen molar-refractivity contribution in [2.24, 2.45) is 11.8 Å².